The molecule has 1 heterocycles. The monoisotopic (exact) mass is 401 g/mol. The van der Waals surface area contributed by atoms with Gasteiger partial charge in [0, 0.05) is 21.9 Å². The summed E-state index contributed by atoms with van der Waals surface area (Å²) in [6, 6.07) is 30.4. The van der Waals surface area contributed by atoms with E-state index in [2.05, 4.69) is 91.2 Å². The number of benzene rings is 4. The normalized spacial score (nSPS) is 14.1. The number of rotatable bonds is 2. The number of fused-ring (bicyclic) bond motifs is 6. The van der Waals surface area contributed by atoms with Crippen molar-refractivity contribution < 1.29 is 5.02 Å². The summed E-state index contributed by atoms with van der Waals surface area (Å²) in [6.45, 7) is 5.97. The van der Waals surface area contributed by atoms with Crippen molar-refractivity contribution in [2.75, 3.05) is 0 Å². The van der Waals surface area contributed by atoms with Crippen LogP contribution in [-0.4, -0.2) is 16.5 Å². The molecule has 0 atom stereocenters. The van der Waals surface area contributed by atoms with E-state index in [0.29, 0.717) is 0 Å². The van der Waals surface area contributed by atoms with Gasteiger partial charge >= 0.3 is 6.92 Å². The molecule has 0 unspecified atom stereocenters. The first-order valence-corrected chi connectivity index (χ1v) is 10.9. The van der Waals surface area contributed by atoms with Crippen molar-refractivity contribution in [2.24, 2.45) is 0 Å². The van der Waals surface area contributed by atoms with Gasteiger partial charge in [-0.3, -0.25) is 0 Å². The van der Waals surface area contributed by atoms with E-state index in [0.717, 1.165) is 11.2 Å². The maximum Gasteiger partial charge on any atom is 0.320 e. The highest BCUT2D eigenvalue weighted by Crippen LogP contribution is 2.50. The van der Waals surface area contributed by atoms with Gasteiger partial charge in [0.15, 0.2) is 0 Å². The minimum absolute atomic E-state index is 0.0388. The van der Waals surface area contributed by atoms with Crippen LogP contribution in [-0.2, 0) is 5.41 Å². The van der Waals surface area contributed by atoms with Crippen LogP contribution in [0.2, 0.25) is 6.82 Å². The zero-order valence-corrected chi connectivity index (χ0v) is 18.1. The number of para-hydroxylation sites is 1. The molecular weight excluding hydrogens is 377 g/mol. The second-order valence-corrected chi connectivity index (χ2v) is 9.21. The Hall–Kier alpha value is -3.30. The Balaban J connectivity index is 1.74. The summed E-state index contributed by atoms with van der Waals surface area (Å²) in [7, 11) is 0. The Morgan fingerprint density at radius 3 is 2.32 bits per heavy atom. The van der Waals surface area contributed by atoms with Crippen molar-refractivity contribution in [3.8, 4) is 16.8 Å². The van der Waals surface area contributed by atoms with Crippen LogP contribution < -0.4 is 5.46 Å². The molecule has 0 saturated heterocycles. The van der Waals surface area contributed by atoms with Gasteiger partial charge in [0.1, 0.15) is 0 Å². The highest BCUT2D eigenvalue weighted by atomic mass is 16.2. The molecule has 0 fully saturated rings. The molecule has 1 aliphatic carbocycles. The maximum absolute atomic E-state index is 10.2. The van der Waals surface area contributed by atoms with Crippen LogP contribution in [0.5, 0.6) is 0 Å². The minimum Gasteiger partial charge on any atom is -0.446 e. The Bertz CT molecular complexity index is 1490. The number of nitrogens with zero attached hydrogens (tertiary/aromatic N) is 1. The average molecular weight is 401 g/mol. The summed E-state index contributed by atoms with van der Waals surface area (Å²) in [6.07, 6.45) is 0. The summed E-state index contributed by atoms with van der Waals surface area (Å²) >= 11 is 0. The SMILES string of the molecule is CB(O)c1cccc(-n2c3ccccc3c3cc4c(cc32)C(C)(C)c2ccccc2-4)c1. The molecule has 1 aliphatic rings. The van der Waals surface area contributed by atoms with Crippen LogP contribution in [0.15, 0.2) is 84.9 Å². The predicted molar refractivity (Wildman–Crippen MR) is 132 cm³/mol. The van der Waals surface area contributed by atoms with Crippen LogP contribution in [0.1, 0.15) is 25.0 Å². The van der Waals surface area contributed by atoms with Crippen LogP contribution in [0, 0.1) is 0 Å². The van der Waals surface area contributed by atoms with Gasteiger partial charge in [0.25, 0.3) is 0 Å². The lowest BCUT2D eigenvalue weighted by atomic mass is 9.64. The van der Waals surface area contributed by atoms with Crippen molar-refractivity contribution in [1.82, 2.24) is 4.57 Å². The molecule has 0 amide bonds. The summed E-state index contributed by atoms with van der Waals surface area (Å²) in [4.78, 5) is 0. The van der Waals surface area contributed by atoms with Crippen molar-refractivity contribution in [3.63, 3.8) is 0 Å². The van der Waals surface area contributed by atoms with Crippen molar-refractivity contribution in [1.29, 1.82) is 0 Å². The summed E-state index contributed by atoms with van der Waals surface area (Å²) in [5, 5.41) is 12.7. The largest absolute Gasteiger partial charge is 0.446 e. The summed E-state index contributed by atoms with van der Waals surface area (Å²) in [5.74, 6) is 0. The van der Waals surface area contributed by atoms with Crippen molar-refractivity contribution in [2.45, 2.75) is 26.1 Å². The number of aromatic nitrogens is 1. The first-order valence-electron chi connectivity index (χ1n) is 10.9. The van der Waals surface area contributed by atoms with E-state index in [9.17, 15) is 5.02 Å². The van der Waals surface area contributed by atoms with Gasteiger partial charge in [0.2, 0.25) is 0 Å². The molecule has 31 heavy (non-hydrogen) atoms. The zero-order chi connectivity index (χ0) is 21.3. The molecule has 1 N–H and O–H groups in total. The third-order valence-corrected chi connectivity index (χ3v) is 6.99. The van der Waals surface area contributed by atoms with E-state index in [1.54, 1.807) is 0 Å². The standard InChI is InChI=1S/C28H24BNO/c1-28(2)24-13-6-4-11-20(24)22-16-23-21-12-5-7-14-26(21)30(27(23)17-25(22)28)19-10-8-9-18(15-19)29(3)31/h4-17,31H,1-3H3. The topological polar surface area (TPSA) is 25.2 Å². The Morgan fingerprint density at radius 2 is 1.48 bits per heavy atom. The third kappa shape index (κ3) is 2.50. The second-order valence-electron chi connectivity index (χ2n) is 9.21. The molecule has 3 heteroatoms. The lowest BCUT2D eigenvalue weighted by Gasteiger charge is -2.21. The van der Waals surface area contributed by atoms with Crippen LogP contribution >= 0.6 is 0 Å². The molecule has 0 spiro atoms. The summed E-state index contributed by atoms with van der Waals surface area (Å²) in [5.41, 5.74) is 9.82. The average Bonchev–Trinajstić information content (AvgIpc) is 3.22. The highest BCUT2D eigenvalue weighted by Gasteiger charge is 2.36. The number of hydrogen-bond acceptors (Lipinski definition) is 1. The van der Waals surface area contributed by atoms with E-state index in [4.69, 9.17) is 0 Å². The third-order valence-electron chi connectivity index (χ3n) is 6.99. The predicted octanol–water partition coefficient (Wildman–Crippen LogP) is 5.91. The molecule has 2 nitrogen and oxygen atoms in total. The molecular formula is C28H24BNO. The van der Waals surface area contributed by atoms with Crippen LogP contribution in [0.25, 0.3) is 38.6 Å². The van der Waals surface area contributed by atoms with Crippen molar-refractivity contribution in [3.05, 3.63) is 96.1 Å². The zero-order valence-electron chi connectivity index (χ0n) is 18.1. The molecule has 0 aliphatic heterocycles. The second kappa shape index (κ2) is 6.35. The highest BCUT2D eigenvalue weighted by molar-refractivity contribution is 6.64. The molecule has 6 rings (SSSR count). The molecule has 0 bridgehead atoms. The molecule has 0 radical (unpaired) electrons. The fourth-order valence-electron chi connectivity index (χ4n) is 5.37. The van der Waals surface area contributed by atoms with Gasteiger partial charge in [0.05, 0.1) is 11.0 Å². The van der Waals surface area contributed by atoms with E-state index >= 15 is 0 Å². The van der Waals surface area contributed by atoms with E-state index in [-0.39, 0.29) is 5.41 Å². The molecule has 1 aromatic heterocycles. The smallest absolute Gasteiger partial charge is 0.320 e. The van der Waals surface area contributed by atoms with Gasteiger partial charge in [-0.2, -0.15) is 0 Å². The minimum atomic E-state index is -0.495. The first-order chi connectivity index (χ1) is 15.0. The fourth-order valence-corrected chi connectivity index (χ4v) is 5.37. The Morgan fingerprint density at radius 1 is 0.710 bits per heavy atom. The van der Waals surface area contributed by atoms with Gasteiger partial charge < -0.3 is 9.59 Å². The fraction of sp³-hybridized carbons (Fsp3) is 0.143. The Kier molecular flexibility index (Phi) is 3.79. The van der Waals surface area contributed by atoms with Gasteiger partial charge in [-0.25, -0.2) is 0 Å². The molecule has 4 aromatic carbocycles. The van der Waals surface area contributed by atoms with Gasteiger partial charge in [-0.15, -0.1) is 0 Å². The lowest BCUT2D eigenvalue weighted by molar-refractivity contribution is 0.594. The first kappa shape index (κ1) is 18.5. The van der Waals surface area contributed by atoms with Crippen LogP contribution in [0.3, 0.4) is 0 Å². The quantitative estimate of drug-likeness (QED) is 0.366. The Labute approximate surface area is 182 Å². The van der Waals surface area contributed by atoms with E-state index < -0.39 is 6.92 Å². The maximum atomic E-state index is 10.2. The van der Waals surface area contributed by atoms with E-state index in [1.165, 1.54) is 44.1 Å². The van der Waals surface area contributed by atoms with Crippen LogP contribution in [0.4, 0.5) is 0 Å². The van der Waals surface area contributed by atoms with E-state index in [1.807, 2.05) is 19.0 Å². The summed E-state index contributed by atoms with van der Waals surface area (Å²) < 4.78 is 2.34. The molecule has 0 saturated carbocycles. The molecule has 150 valence electrons. The lowest BCUT2D eigenvalue weighted by Crippen LogP contribution is -2.26. The van der Waals surface area contributed by atoms with Crippen molar-refractivity contribution >= 4 is 34.2 Å². The van der Waals surface area contributed by atoms with Gasteiger partial charge in [-0.1, -0.05) is 75.3 Å². The molecule has 5 aromatic rings. The number of hydrogen-bond donors (Lipinski definition) is 1. The van der Waals surface area contributed by atoms with Gasteiger partial charge in [-0.05, 0) is 58.0 Å².